The van der Waals surface area contributed by atoms with Gasteiger partial charge in [-0.15, -0.1) is 0 Å². The molecule has 4 aliphatic rings. The van der Waals surface area contributed by atoms with Crippen LogP contribution in [0.2, 0.25) is 0 Å². The Morgan fingerprint density at radius 2 is 0.960 bits per heavy atom. The van der Waals surface area contributed by atoms with E-state index < -0.39 is 66.7 Å². The highest BCUT2D eigenvalue weighted by atomic mass is 32.2. The van der Waals surface area contributed by atoms with Crippen molar-refractivity contribution in [2.75, 3.05) is 64.9 Å². The molecule has 0 bridgehead atoms. The normalized spacial score (nSPS) is 20.2. The molecular weight excluding hydrogens is 1000 g/mol. The molecule has 20 nitrogen and oxygen atoms in total. The first-order chi connectivity index (χ1) is 36.2. The molecule has 4 aromatic rings. The number of thioether (sulfide) groups is 2. The standard InChI is InChI=1S/C53H62N10O10S2/c1-56-32-46(64)60-42(21-22-48(66)67)50(70)58(23-25-74-34-38-9-5-3-6-10-38)30-44(60)62(56)52(72)54-28-36-13-17-40(18-14-36)41-19-15-37(16-20-41)29-55-53(73)63-45-31-59(24-26-75-35-39-11-7-4-8-12-39)51(71)43(27-49(68)69)61(45)47(65)33-57(63)2/h3-20,42-45H,21-35H2,1-2H3,(H,54,72)(H,55,73)(H,66,67)(H,68,69)/t42-,43-,44-,45-/m0/s1. The molecule has 4 aromatic carbocycles. The molecule has 0 aromatic heterocycles. The molecule has 4 aliphatic heterocycles. The van der Waals surface area contributed by atoms with Crippen LogP contribution in [0.5, 0.6) is 0 Å². The topological polar surface area (TPSA) is 227 Å². The highest BCUT2D eigenvalue weighted by Crippen LogP contribution is 2.31. The molecule has 4 N–H and O–H groups in total. The SMILES string of the molecule is CN1CC(=O)N2[C@@H](CCC(=O)O)C(=O)N(CCSCc3ccccc3)C[C@@H]2N1C(=O)NCc1ccc(-c2ccc(CNC(=O)N3[C@H]4CN(CCSCc5ccccc5)C(=O)[C@H](CC(=O)O)N4C(=O)CN3C)cc2)cc1. The molecule has 396 valence electrons. The van der Waals surface area contributed by atoms with Crippen LogP contribution in [0.4, 0.5) is 9.59 Å². The Morgan fingerprint density at radius 1 is 0.547 bits per heavy atom. The van der Waals surface area contributed by atoms with Crippen molar-refractivity contribution in [1.29, 1.82) is 0 Å². The van der Waals surface area contributed by atoms with E-state index in [1.165, 1.54) is 29.8 Å². The van der Waals surface area contributed by atoms with Crippen molar-refractivity contribution in [2.24, 2.45) is 0 Å². The summed E-state index contributed by atoms with van der Waals surface area (Å²) in [6.07, 6.45) is -2.73. The summed E-state index contributed by atoms with van der Waals surface area (Å²) in [6, 6.07) is 31.8. The molecule has 0 unspecified atom stereocenters. The average Bonchev–Trinajstić information content (AvgIpc) is 3.40. The van der Waals surface area contributed by atoms with E-state index in [0.29, 0.717) is 24.6 Å². The van der Waals surface area contributed by atoms with Gasteiger partial charge in [-0.2, -0.15) is 23.5 Å². The molecule has 8 rings (SSSR count). The molecule has 4 fully saturated rings. The number of fused-ring (bicyclic) bond motifs is 2. The highest BCUT2D eigenvalue weighted by molar-refractivity contribution is 7.98. The molecule has 0 spiro atoms. The van der Waals surface area contributed by atoms with Gasteiger partial charge < -0.3 is 40.4 Å². The largest absolute Gasteiger partial charge is 0.481 e. The highest BCUT2D eigenvalue weighted by Gasteiger charge is 2.52. The fourth-order valence-electron chi connectivity index (χ4n) is 9.94. The number of carbonyl (C=O) groups excluding carboxylic acids is 6. The van der Waals surface area contributed by atoms with Crippen molar-refractivity contribution < 1.29 is 48.6 Å². The molecule has 0 aliphatic carbocycles. The number of hydrazine groups is 2. The van der Waals surface area contributed by atoms with Crippen LogP contribution >= 0.6 is 23.5 Å². The zero-order chi connectivity index (χ0) is 53.2. The fraction of sp³-hybridized carbons (Fsp3) is 0.396. The maximum atomic E-state index is 14.0. The third kappa shape index (κ3) is 13.2. The van der Waals surface area contributed by atoms with Crippen molar-refractivity contribution in [3.63, 3.8) is 0 Å². The Hall–Kier alpha value is -7.14. The number of likely N-dealkylation sites (N-methyl/N-ethyl adjacent to an activating group) is 2. The number of hydrogen-bond donors (Lipinski definition) is 4. The van der Waals surface area contributed by atoms with E-state index >= 15 is 0 Å². The molecule has 0 radical (unpaired) electrons. The second-order valence-corrected chi connectivity index (χ2v) is 21.0. The molecule has 4 saturated heterocycles. The zero-order valence-electron chi connectivity index (χ0n) is 41.9. The van der Waals surface area contributed by atoms with Crippen LogP contribution in [-0.2, 0) is 53.4 Å². The summed E-state index contributed by atoms with van der Waals surface area (Å²) in [5, 5.41) is 31.1. The molecule has 0 saturated carbocycles. The van der Waals surface area contributed by atoms with E-state index in [2.05, 4.69) is 10.6 Å². The van der Waals surface area contributed by atoms with E-state index in [4.69, 9.17) is 0 Å². The minimum Gasteiger partial charge on any atom is -0.481 e. The van der Waals surface area contributed by atoms with Gasteiger partial charge in [0.25, 0.3) is 0 Å². The summed E-state index contributed by atoms with van der Waals surface area (Å²) in [7, 11) is 3.25. The van der Waals surface area contributed by atoms with Crippen molar-refractivity contribution in [3.05, 3.63) is 131 Å². The predicted octanol–water partition coefficient (Wildman–Crippen LogP) is 4.03. The van der Waals surface area contributed by atoms with Gasteiger partial charge in [0.1, 0.15) is 24.4 Å². The third-order valence-electron chi connectivity index (χ3n) is 13.7. The Kier molecular flexibility index (Phi) is 18.0. The summed E-state index contributed by atoms with van der Waals surface area (Å²) in [5.74, 6) is -1.22. The number of nitrogens with one attached hydrogen (secondary N) is 2. The molecule has 8 amide bonds. The average molecular weight is 1060 g/mol. The monoisotopic (exact) mass is 1060 g/mol. The second-order valence-electron chi connectivity index (χ2n) is 18.8. The van der Waals surface area contributed by atoms with Crippen LogP contribution in [-0.4, -0.2) is 187 Å². The van der Waals surface area contributed by atoms with E-state index in [-0.39, 0.29) is 63.9 Å². The van der Waals surface area contributed by atoms with Gasteiger partial charge in [0.2, 0.25) is 23.6 Å². The summed E-state index contributed by atoms with van der Waals surface area (Å²) in [5.41, 5.74) is 5.68. The van der Waals surface area contributed by atoms with Gasteiger partial charge in [-0.05, 0) is 39.8 Å². The van der Waals surface area contributed by atoms with E-state index in [9.17, 15) is 48.6 Å². The van der Waals surface area contributed by atoms with Crippen LogP contribution in [0.3, 0.4) is 0 Å². The van der Waals surface area contributed by atoms with Gasteiger partial charge in [0, 0.05) is 69.7 Å². The lowest BCUT2D eigenvalue weighted by molar-refractivity contribution is -0.188. The van der Waals surface area contributed by atoms with Crippen LogP contribution in [0, 0.1) is 0 Å². The zero-order valence-corrected chi connectivity index (χ0v) is 43.5. The summed E-state index contributed by atoms with van der Waals surface area (Å²) < 4.78 is 0. The fourth-order valence-corrected chi connectivity index (χ4v) is 11.8. The van der Waals surface area contributed by atoms with Crippen molar-refractivity contribution >= 4 is 71.2 Å². The van der Waals surface area contributed by atoms with E-state index in [0.717, 1.165) is 44.9 Å². The summed E-state index contributed by atoms with van der Waals surface area (Å²) in [6.45, 7) is 0.696. The molecule has 4 heterocycles. The van der Waals surface area contributed by atoms with Gasteiger partial charge in [-0.1, -0.05) is 109 Å². The number of aliphatic carboxylic acids is 2. The van der Waals surface area contributed by atoms with E-state index in [1.807, 2.05) is 109 Å². The van der Waals surface area contributed by atoms with Gasteiger partial charge in [-0.3, -0.25) is 28.8 Å². The van der Waals surface area contributed by atoms with Gasteiger partial charge in [-0.25, -0.2) is 29.6 Å². The number of carboxylic acids is 2. The third-order valence-corrected chi connectivity index (χ3v) is 15.7. The number of hydrogen-bond acceptors (Lipinski definition) is 12. The minimum absolute atomic E-state index is 0.0251. The maximum Gasteiger partial charge on any atom is 0.334 e. The lowest BCUT2D eigenvalue weighted by Crippen LogP contribution is -2.76. The maximum absolute atomic E-state index is 14.0. The molecule has 4 atom stereocenters. The number of piperazine rings is 2. The van der Waals surface area contributed by atoms with Crippen molar-refractivity contribution in [2.45, 2.75) is 68.3 Å². The number of urea groups is 2. The Balaban J connectivity index is 0.862. The van der Waals surface area contributed by atoms with Crippen LogP contribution in [0.1, 0.15) is 41.5 Å². The number of carboxylic acid groups (broad SMARTS) is 2. The van der Waals surface area contributed by atoms with E-state index in [1.54, 1.807) is 47.4 Å². The van der Waals surface area contributed by atoms with Gasteiger partial charge >= 0.3 is 24.0 Å². The van der Waals surface area contributed by atoms with Crippen LogP contribution < -0.4 is 10.6 Å². The lowest BCUT2D eigenvalue weighted by atomic mass is 10.0. The number of amides is 8. The van der Waals surface area contributed by atoms with Crippen LogP contribution in [0.15, 0.2) is 109 Å². The first-order valence-electron chi connectivity index (χ1n) is 24.8. The molecular formula is C53H62N10O10S2. The van der Waals surface area contributed by atoms with Gasteiger partial charge in [0.05, 0.1) is 32.6 Å². The summed E-state index contributed by atoms with van der Waals surface area (Å²) in [4.78, 5) is 112. The predicted molar refractivity (Wildman–Crippen MR) is 282 cm³/mol. The molecule has 22 heteroatoms. The van der Waals surface area contributed by atoms with Crippen molar-refractivity contribution in [3.8, 4) is 11.1 Å². The molecule has 75 heavy (non-hydrogen) atoms. The number of benzene rings is 4. The summed E-state index contributed by atoms with van der Waals surface area (Å²) >= 11 is 3.29. The minimum atomic E-state index is -1.26. The Bertz CT molecular complexity index is 2710. The Morgan fingerprint density at radius 3 is 1.37 bits per heavy atom. The quantitative estimate of drug-likeness (QED) is 0.0918. The number of rotatable bonds is 20. The first kappa shape index (κ1) is 54.1. The number of nitrogens with zero attached hydrogens (tertiary/aromatic N) is 8. The smallest absolute Gasteiger partial charge is 0.334 e. The lowest BCUT2D eigenvalue weighted by Gasteiger charge is -2.54. The van der Waals surface area contributed by atoms with Crippen molar-refractivity contribution in [1.82, 2.24) is 50.3 Å². The second kappa shape index (κ2) is 24.9. The first-order valence-corrected chi connectivity index (χ1v) is 27.1. The van der Waals surface area contributed by atoms with Gasteiger partial charge in [0.15, 0.2) is 0 Å². The number of carbonyl (C=O) groups is 8. The van der Waals surface area contributed by atoms with Crippen LogP contribution in [0.25, 0.3) is 11.1 Å². The Labute approximate surface area is 443 Å².